The van der Waals surface area contributed by atoms with Crippen LogP contribution in [0.3, 0.4) is 0 Å². The summed E-state index contributed by atoms with van der Waals surface area (Å²) in [5.41, 5.74) is 1.31. The van der Waals surface area contributed by atoms with Crippen LogP contribution in [0, 0.1) is 5.92 Å². The molecular formula is C21H21Cl2N3O2S. The van der Waals surface area contributed by atoms with Gasteiger partial charge >= 0.3 is 0 Å². The molecule has 0 radical (unpaired) electrons. The lowest BCUT2D eigenvalue weighted by Crippen LogP contribution is -2.10. The first-order chi connectivity index (χ1) is 13.9. The van der Waals surface area contributed by atoms with E-state index in [1.807, 2.05) is 22.8 Å². The normalized spacial score (nSPS) is 11.1. The quantitative estimate of drug-likeness (QED) is 0.316. The summed E-state index contributed by atoms with van der Waals surface area (Å²) in [6, 6.07) is 12.5. The maximum Gasteiger partial charge on any atom is 0.191 e. The van der Waals surface area contributed by atoms with Crippen LogP contribution in [0.1, 0.15) is 24.2 Å². The lowest BCUT2D eigenvalue weighted by molar-refractivity contribution is 0.101. The zero-order valence-corrected chi connectivity index (χ0v) is 18.7. The van der Waals surface area contributed by atoms with Crippen molar-refractivity contribution in [2.24, 2.45) is 5.92 Å². The van der Waals surface area contributed by atoms with E-state index in [0.717, 1.165) is 5.56 Å². The van der Waals surface area contributed by atoms with Crippen LogP contribution in [0.5, 0.6) is 5.75 Å². The van der Waals surface area contributed by atoms with Crippen molar-refractivity contribution in [2.75, 3.05) is 12.9 Å². The molecule has 8 heteroatoms. The molecule has 0 aliphatic rings. The fraction of sp³-hybridized carbons (Fsp3) is 0.286. The Morgan fingerprint density at radius 3 is 2.62 bits per heavy atom. The van der Waals surface area contributed by atoms with Crippen LogP contribution in [0.15, 0.2) is 47.6 Å². The summed E-state index contributed by atoms with van der Waals surface area (Å²) >= 11 is 13.8. The van der Waals surface area contributed by atoms with Crippen LogP contribution in [0.25, 0.3) is 11.4 Å². The maximum absolute atomic E-state index is 12.7. The van der Waals surface area contributed by atoms with Gasteiger partial charge in [-0.2, -0.15) is 0 Å². The molecule has 0 amide bonds. The van der Waals surface area contributed by atoms with Crippen molar-refractivity contribution in [3.05, 3.63) is 58.1 Å². The molecule has 0 atom stereocenters. The van der Waals surface area contributed by atoms with Gasteiger partial charge in [0.1, 0.15) is 5.75 Å². The third-order valence-electron chi connectivity index (χ3n) is 4.18. The van der Waals surface area contributed by atoms with Crippen LogP contribution < -0.4 is 4.74 Å². The topological polar surface area (TPSA) is 57.0 Å². The van der Waals surface area contributed by atoms with Gasteiger partial charge in [0.2, 0.25) is 0 Å². The fourth-order valence-corrected chi connectivity index (χ4v) is 4.20. The molecule has 1 aromatic heterocycles. The van der Waals surface area contributed by atoms with Crippen molar-refractivity contribution >= 4 is 40.7 Å². The van der Waals surface area contributed by atoms with Gasteiger partial charge in [-0.3, -0.25) is 4.79 Å². The molecule has 0 saturated heterocycles. The van der Waals surface area contributed by atoms with E-state index in [1.165, 1.54) is 11.8 Å². The molecule has 0 N–H and O–H groups in total. The number of aromatic nitrogens is 3. The number of carbonyl (C=O) groups is 1. The molecule has 5 nitrogen and oxygen atoms in total. The van der Waals surface area contributed by atoms with Crippen LogP contribution in [-0.4, -0.2) is 33.4 Å². The van der Waals surface area contributed by atoms with Gasteiger partial charge in [0.05, 0.1) is 23.4 Å². The van der Waals surface area contributed by atoms with Crippen molar-refractivity contribution < 1.29 is 9.53 Å². The highest BCUT2D eigenvalue weighted by Crippen LogP contribution is 2.32. The van der Waals surface area contributed by atoms with Gasteiger partial charge in [0, 0.05) is 17.1 Å². The maximum atomic E-state index is 12.7. The molecule has 0 spiro atoms. The monoisotopic (exact) mass is 449 g/mol. The number of Topliss-reactive ketones (excluding diaryl/α,β-unsaturated/α-hetero) is 1. The molecule has 29 heavy (non-hydrogen) atoms. The number of hydrogen-bond donors (Lipinski definition) is 0. The Labute approximate surface area is 184 Å². The molecule has 0 aliphatic carbocycles. The molecule has 0 fully saturated rings. The third kappa shape index (κ3) is 5.13. The first-order valence-corrected chi connectivity index (χ1v) is 10.8. The van der Waals surface area contributed by atoms with Gasteiger partial charge in [0.25, 0.3) is 0 Å². The largest absolute Gasteiger partial charge is 0.496 e. The Bertz CT molecular complexity index is 1020. The lowest BCUT2D eigenvalue weighted by Gasteiger charge is -2.13. The second-order valence-corrected chi connectivity index (χ2v) is 8.63. The first kappa shape index (κ1) is 21.7. The second kappa shape index (κ2) is 9.65. The van der Waals surface area contributed by atoms with Gasteiger partial charge in [-0.1, -0.05) is 60.9 Å². The van der Waals surface area contributed by atoms with E-state index in [4.69, 9.17) is 27.9 Å². The van der Waals surface area contributed by atoms with E-state index in [-0.39, 0.29) is 11.5 Å². The summed E-state index contributed by atoms with van der Waals surface area (Å²) in [4.78, 5) is 12.7. The van der Waals surface area contributed by atoms with Gasteiger partial charge < -0.3 is 9.30 Å². The zero-order chi connectivity index (χ0) is 21.0. The minimum atomic E-state index is -0.0300. The smallest absolute Gasteiger partial charge is 0.191 e. The van der Waals surface area contributed by atoms with Crippen LogP contribution >= 0.6 is 35.0 Å². The highest BCUT2D eigenvalue weighted by Gasteiger charge is 2.20. The van der Waals surface area contributed by atoms with Gasteiger partial charge in [-0.15, -0.1) is 10.2 Å². The zero-order valence-electron chi connectivity index (χ0n) is 16.4. The van der Waals surface area contributed by atoms with E-state index in [2.05, 4.69) is 24.0 Å². The van der Waals surface area contributed by atoms with E-state index in [9.17, 15) is 4.79 Å². The predicted molar refractivity (Wildman–Crippen MR) is 118 cm³/mol. The second-order valence-electron chi connectivity index (χ2n) is 6.85. The van der Waals surface area contributed by atoms with E-state index in [0.29, 0.717) is 44.8 Å². The lowest BCUT2D eigenvalue weighted by atomic mass is 10.1. The van der Waals surface area contributed by atoms with Crippen LogP contribution in [0.2, 0.25) is 10.0 Å². The minimum Gasteiger partial charge on any atom is -0.496 e. The van der Waals surface area contributed by atoms with E-state index >= 15 is 0 Å². The van der Waals surface area contributed by atoms with Gasteiger partial charge in [-0.05, 0) is 36.2 Å². The standard InChI is InChI=1S/C21H21Cl2N3O2S/c1-13(2)11-26-20(15-9-8-14(22)10-17(15)23)24-25-21(26)29-12-18(27)16-6-4-5-7-19(16)28-3/h4-10,13H,11-12H2,1-3H3. The average Bonchev–Trinajstić information content (AvgIpc) is 3.07. The molecule has 2 aromatic carbocycles. The molecule has 3 aromatic rings. The Kier molecular flexibility index (Phi) is 7.22. The number of ether oxygens (including phenoxy) is 1. The van der Waals surface area contributed by atoms with Crippen molar-refractivity contribution in [2.45, 2.75) is 25.5 Å². The number of halogens is 2. The molecule has 152 valence electrons. The van der Waals surface area contributed by atoms with Crippen molar-refractivity contribution in [3.63, 3.8) is 0 Å². The molecule has 0 unspecified atom stereocenters. The Morgan fingerprint density at radius 1 is 1.17 bits per heavy atom. The number of para-hydroxylation sites is 1. The Hall–Kier alpha value is -2.02. The molecule has 0 bridgehead atoms. The average molecular weight is 450 g/mol. The van der Waals surface area contributed by atoms with Crippen molar-refractivity contribution in [1.29, 1.82) is 0 Å². The molecule has 0 aliphatic heterocycles. The van der Waals surface area contributed by atoms with Gasteiger partial charge in [-0.25, -0.2) is 0 Å². The molecule has 0 saturated carbocycles. The number of carbonyl (C=O) groups excluding carboxylic acids is 1. The SMILES string of the molecule is COc1ccccc1C(=O)CSc1nnc(-c2ccc(Cl)cc2Cl)n1CC(C)C. The summed E-state index contributed by atoms with van der Waals surface area (Å²) in [6.07, 6.45) is 0. The Morgan fingerprint density at radius 2 is 1.93 bits per heavy atom. The number of nitrogens with zero attached hydrogens (tertiary/aromatic N) is 3. The van der Waals surface area contributed by atoms with Crippen LogP contribution in [-0.2, 0) is 6.54 Å². The summed E-state index contributed by atoms with van der Waals surface area (Å²) < 4.78 is 7.29. The Balaban J connectivity index is 1.87. The first-order valence-electron chi connectivity index (χ1n) is 9.08. The summed E-state index contributed by atoms with van der Waals surface area (Å²) in [6.45, 7) is 4.93. The summed E-state index contributed by atoms with van der Waals surface area (Å²) in [5, 5.41) is 10.4. The van der Waals surface area contributed by atoms with Gasteiger partial charge in [0.15, 0.2) is 16.8 Å². The fourth-order valence-electron chi connectivity index (χ4n) is 2.88. The van der Waals surface area contributed by atoms with Crippen molar-refractivity contribution in [1.82, 2.24) is 14.8 Å². The van der Waals surface area contributed by atoms with Crippen molar-refractivity contribution in [3.8, 4) is 17.1 Å². The van der Waals surface area contributed by atoms with Crippen LogP contribution in [0.4, 0.5) is 0 Å². The molecular weight excluding hydrogens is 429 g/mol. The third-order valence-corrected chi connectivity index (χ3v) is 5.69. The van der Waals surface area contributed by atoms with E-state index in [1.54, 1.807) is 31.4 Å². The number of thioether (sulfide) groups is 1. The number of hydrogen-bond acceptors (Lipinski definition) is 5. The predicted octanol–water partition coefficient (Wildman–Crippen LogP) is 5.89. The minimum absolute atomic E-state index is 0.0300. The number of rotatable bonds is 8. The van der Waals surface area contributed by atoms with E-state index < -0.39 is 0 Å². The number of benzene rings is 2. The highest BCUT2D eigenvalue weighted by molar-refractivity contribution is 7.99. The highest BCUT2D eigenvalue weighted by atomic mass is 35.5. The molecule has 1 heterocycles. The molecule has 3 rings (SSSR count). The summed E-state index contributed by atoms with van der Waals surface area (Å²) in [7, 11) is 1.56. The number of methoxy groups -OCH3 is 1. The number of ketones is 1. The summed E-state index contributed by atoms with van der Waals surface area (Å²) in [5.74, 6) is 1.78.